The number of benzene rings is 1. The third kappa shape index (κ3) is 3.90. The summed E-state index contributed by atoms with van der Waals surface area (Å²) in [5.74, 6) is 0.272. The van der Waals surface area contributed by atoms with Gasteiger partial charge in [-0.25, -0.2) is 8.42 Å². The van der Waals surface area contributed by atoms with Crippen molar-refractivity contribution >= 4 is 31.3 Å². The van der Waals surface area contributed by atoms with E-state index in [0.29, 0.717) is 0 Å². The van der Waals surface area contributed by atoms with Crippen LogP contribution in [0.15, 0.2) is 28.1 Å². The molecule has 100 valence electrons. The molecule has 0 amide bonds. The second kappa shape index (κ2) is 5.95. The SMILES string of the molecule is CC(=CCl)COc1c(C)cc(C)cc1S(=O)(=O)Cl. The minimum atomic E-state index is -3.84. The predicted octanol–water partition coefficient (Wildman–Crippen LogP) is 3.75. The van der Waals surface area contributed by atoms with E-state index in [-0.39, 0.29) is 17.3 Å². The van der Waals surface area contributed by atoms with Crippen LogP contribution in [-0.4, -0.2) is 15.0 Å². The molecule has 0 heterocycles. The largest absolute Gasteiger partial charge is 0.488 e. The average Bonchev–Trinajstić information content (AvgIpc) is 2.25. The van der Waals surface area contributed by atoms with Crippen molar-refractivity contribution in [2.24, 2.45) is 0 Å². The van der Waals surface area contributed by atoms with Gasteiger partial charge in [-0.3, -0.25) is 0 Å². The van der Waals surface area contributed by atoms with E-state index in [1.165, 1.54) is 11.6 Å². The minimum absolute atomic E-state index is 0.0101. The van der Waals surface area contributed by atoms with Gasteiger partial charge in [0, 0.05) is 16.2 Å². The van der Waals surface area contributed by atoms with Crippen LogP contribution in [0.1, 0.15) is 18.1 Å². The van der Waals surface area contributed by atoms with Gasteiger partial charge in [0.05, 0.1) is 0 Å². The third-order valence-electron chi connectivity index (χ3n) is 2.28. The maximum Gasteiger partial charge on any atom is 0.265 e. The van der Waals surface area contributed by atoms with Crippen LogP contribution in [0, 0.1) is 13.8 Å². The number of rotatable bonds is 4. The van der Waals surface area contributed by atoms with Crippen LogP contribution in [0.4, 0.5) is 0 Å². The second-order valence-electron chi connectivity index (χ2n) is 4.09. The fourth-order valence-corrected chi connectivity index (χ4v) is 2.67. The molecule has 0 bridgehead atoms. The molecule has 0 spiro atoms. The highest BCUT2D eigenvalue weighted by atomic mass is 35.7. The molecule has 1 aromatic carbocycles. The van der Waals surface area contributed by atoms with Gasteiger partial charge in [0.1, 0.15) is 17.3 Å². The van der Waals surface area contributed by atoms with Crippen molar-refractivity contribution in [2.75, 3.05) is 6.61 Å². The van der Waals surface area contributed by atoms with Gasteiger partial charge in [-0.15, -0.1) is 0 Å². The number of halogens is 2. The molecule has 0 saturated carbocycles. The molecule has 0 N–H and O–H groups in total. The molecule has 3 nitrogen and oxygen atoms in total. The Balaban J connectivity index is 3.25. The maximum atomic E-state index is 11.5. The number of ether oxygens (including phenoxy) is 1. The van der Waals surface area contributed by atoms with E-state index >= 15 is 0 Å². The van der Waals surface area contributed by atoms with Crippen molar-refractivity contribution in [3.8, 4) is 5.75 Å². The lowest BCUT2D eigenvalue weighted by Gasteiger charge is -2.13. The van der Waals surface area contributed by atoms with Crippen LogP contribution in [-0.2, 0) is 9.05 Å². The predicted molar refractivity (Wildman–Crippen MR) is 74.1 cm³/mol. The Morgan fingerprint density at radius 2 is 2.00 bits per heavy atom. The van der Waals surface area contributed by atoms with E-state index in [1.54, 1.807) is 20.8 Å². The van der Waals surface area contributed by atoms with Gasteiger partial charge in [0.25, 0.3) is 9.05 Å². The summed E-state index contributed by atoms with van der Waals surface area (Å²) in [5.41, 5.74) is 3.70. The Morgan fingerprint density at radius 1 is 1.39 bits per heavy atom. The van der Waals surface area contributed by atoms with Crippen LogP contribution >= 0.6 is 22.3 Å². The summed E-state index contributed by atoms with van der Waals surface area (Å²) in [7, 11) is 1.57. The molecular weight excluding hydrogens is 295 g/mol. The lowest BCUT2D eigenvalue weighted by atomic mass is 10.1. The Morgan fingerprint density at radius 3 is 2.50 bits per heavy atom. The standard InChI is InChI=1S/C12H14Cl2O3S/c1-8-4-10(3)12(17-7-9(2)6-13)11(5-8)18(14,15)16/h4-6H,7H2,1-3H3. The van der Waals surface area contributed by atoms with E-state index in [9.17, 15) is 8.42 Å². The van der Waals surface area contributed by atoms with Gasteiger partial charge < -0.3 is 4.74 Å². The van der Waals surface area contributed by atoms with Crippen molar-refractivity contribution in [3.63, 3.8) is 0 Å². The summed E-state index contributed by atoms with van der Waals surface area (Å²) in [4.78, 5) is -0.0101. The zero-order valence-corrected chi connectivity index (χ0v) is 12.7. The number of aryl methyl sites for hydroxylation is 2. The third-order valence-corrected chi connectivity index (χ3v) is 3.98. The molecule has 6 heteroatoms. The van der Waals surface area contributed by atoms with E-state index in [1.807, 2.05) is 6.07 Å². The molecule has 0 aliphatic heterocycles. The first-order valence-electron chi connectivity index (χ1n) is 5.20. The summed E-state index contributed by atoms with van der Waals surface area (Å²) in [5, 5.41) is 0. The highest BCUT2D eigenvalue weighted by Gasteiger charge is 2.19. The molecule has 18 heavy (non-hydrogen) atoms. The lowest BCUT2D eigenvalue weighted by Crippen LogP contribution is -2.05. The molecular formula is C12H14Cl2O3S. The number of hydrogen-bond donors (Lipinski definition) is 0. The van der Waals surface area contributed by atoms with Crippen LogP contribution < -0.4 is 4.74 Å². The quantitative estimate of drug-likeness (QED) is 0.796. The summed E-state index contributed by atoms with van der Waals surface area (Å²) >= 11 is 5.53. The number of hydrogen-bond acceptors (Lipinski definition) is 3. The topological polar surface area (TPSA) is 43.4 Å². The van der Waals surface area contributed by atoms with Crippen LogP contribution in [0.5, 0.6) is 5.75 Å². The Labute approximate surface area is 117 Å². The molecule has 0 radical (unpaired) electrons. The van der Waals surface area contributed by atoms with Gasteiger partial charge >= 0.3 is 0 Å². The summed E-state index contributed by atoms with van der Waals surface area (Å²) in [6.45, 7) is 5.57. The molecule has 1 rings (SSSR count). The van der Waals surface area contributed by atoms with Gasteiger partial charge in [0.2, 0.25) is 0 Å². The molecule has 0 aliphatic rings. The van der Waals surface area contributed by atoms with Crippen molar-refractivity contribution in [1.82, 2.24) is 0 Å². The first-order chi connectivity index (χ1) is 8.25. The van der Waals surface area contributed by atoms with Crippen LogP contribution in [0.25, 0.3) is 0 Å². The average molecular weight is 309 g/mol. The monoisotopic (exact) mass is 308 g/mol. The van der Waals surface area contributed by atoms with Crippen molar-refractivity contribution < 1.29 is 13.2 Å². The summed E-state index contributed by atoms with van der Waals surface area (Å²) in [6, 6.07) is 3.32. The fourth-order valence-electron chi connectivity index (χ4n) is 1.50. The smallest absolute Gasteiger partial charge is 0.265 e. The van der Waals surface area contributed by atoms with E-state index in [0.717, 1.165) is 16.7 Å². The summed E-state index contributed by atoms with van der Waals surface area (Å²) in [6.07, 6.45) is 0. The first-order valence-corrected chi connectivity index (χ1v) is 7.95. The molecule has 0 unspecified atom stereocenters. The van der Waals surface area contributed by atoms with Gasteiger partial charge in [-0.2, -0.15) is 0 Å². The Kier molecular flexibility index (Phi) is 5.08. The van der Waals surface area contributed by atoms with E-state index in [4.69, 9.17) is 27.0 Å². The molecule has 1 aromatic rings. The molecule has 0 aromatic heterocycles. The first kappa shape index (κ1) is 15.3. The molecule has 0 fully saturated rings. The highest BCUT2D eigenvalue weighted by molar-refractivity contribution is 8.13. The highest BCUT2D eigenvalue weighted by Crippen LogP contribution is 2.32. The zero-order valence-electron chi connectivity index (χ0n) is 10.3. The molecule has 0 saturated heterocycles. The van der Waals surface area contributed by atoms with Gasteiger partial charge in [0.15, 0.2) is 0 Å². The zero-order chi connectivity index (χ0) is 13.9. The minimum Gasteiger partial charge on any atom is -0.488 e. The second-order valence-corrected chi connectivity index (χ2v) is 6.84. The fraction of sp³-hybridized carbons (Fsp3) is 0.333. The van der Waals surface area contributed by atoms with Crippen LogP contribution in [0.3, 0.4) is 0 Å². The lowest BCUT2D eigenvalue weighted by molar-refractivity contribution is 0.340. The summed E-state index contributed by atoms with van der Waals surface area (Å²) < 4.78 is 28.5. The molecule has 0 atom stereocenters. The molecule has 0 aliphatic carbocycles. The van der Waals surface area contributed by atoms with Crippen LogP contribution in [0.2, 0.25) is 0 Å². The normalized spacial score (nSPS) is 12.6. The van der Waals surface area contributed by atoms with Gasteiger partial charge in [-0.05, 0) is 43.5 Å². The van der Waals surface area contributed by atoms with Crippen molar-refractivity contribution in [2.45, 2.75) is 25.7 Å². The maximum absolute atomic E-state index is 11.5. The van der Waals surface area contributed by atoms with Crippen molar-refractivity contribution in [1.29, 1.82) is 0 Å². The van der Waals surface area contributed by atoms with Crippen molar-refractivity contribution in [3.05, 3.63) is 34.4 Å². The van der Waals surface area contributed by atoms with E-state index in [2.05, 4.69) is 0 Å². The Bertz CT molecular complexity index is 577. The van der Waals surface area contributed by atoms with E-state index < -0.39 is 9.05 Å². The Hall–Kier alpha value is -0.710. The van der Waals surface area contributed by atoms with Gasteiger partial charge in [-0.1, -0.05) is 17.7 Å².